The lowest BCUT2D eigenvalue weighted by Crippen LogP contribution is -3.10. The Morgan fingerprint density at radius 2 is 2.17 bits per heavy atom. The number of aromatic nitrogens is 1. The van der Waals surface area contributed by atoms with Crippen LogP contribution in [-0.2, 0) is 4.18 Å². The Kier molecular flexibility index (Phi) is 7.59. The normalized spacial score (nSPS) is 13.4. The topological polar surface area (TPSA) is 148 Å². The maximum atomic E-state index is 11.2. The SMILES string of the molecule is CNc1cnc(N(C)CC[NH+](C)CCOS([O-])(O)O)c([N+](=O)[O-])c1. The summed E-state index contributed by atoms with van der Waals surface area (Å²) in [5, 5.41) is 14.0. The van der Waals surface area contributed by atoms with Crippen molar-refractivity contribution < 1.29 is 27.7 Å². The molecule has 1 rings (SSSR count). The van der Waals surface area contributed by atoms with Gasteiger partial charge in [0.15, 0.2) is 0 Å². The molecule has 1 aromatic heterocycles. The van der Waals surface area contributed by atoms with Crippen LogP contribution >= 0.6 is 11.2 Å². The van der Waals surface area contributed by atoms with Gasteiger partial charge in [0.2, 0.25) is 5.82 Å². The number of anilines is 2. The van der Waals surface area contributed by atoms with Crippen molar-refractivity contribution in [3.63, 3.8) is 0 Å². The van der Waals surface area contributed by atoms with E-state index in [0.717, 1.165) is 4.90 Å². The monoisotopic (exact) mass is 365 g/mol. The first-order valence-corrected chi connectivity index (χ1v) is 8.51. The van der Waals surface area contributed by atoms with Crippen LogP contribution in [-0.4, -0.2) is 70.9 Å². The standard InChI is InChI=1S/C12H23N5O6S/c1-13-10-8-11(17(18)19)12(14-9-10)16(3)5-4-15(2)6-7-23-24(20,21)22/h8-9,13,20-22H,4-7H2,1-3H3. The number of hydrogen-bond acceptors (Lipinski definition) is 9. The van der Waals surface area contributed by atoms with Gasteiger partial charge in [0.05, 0.1) is 36.9 Å². The predicted molar refractivity (Wildman–Crippen MR) is 89.9 cm³/mol. The van der Waals surface area contributed by atoms with Crippen LogP contribution in [0.1, 0.15) is 0 Å². The van der Waals surface area contributed by atoms with Crippen molar-refractivity contribution in [2.45, 2.75) is 0 Å². The summed E-state index contributed by atoms with van der Waals surface area (Å²) in [5.41, 5.74) is 0.459. The molecule has 0 saturated heterocycles. The number of quaternary nitrogens is 1. The van der Waals surface area contributed by atoms with Gasteiger partial charge >= 0.3 is 5.69 Å². The fraction of sp³-hybridized carbons (Fsp3) is 0.583. The molecule has 138 valence electrons. The molecule has 1 unspecified atom stereocenters. The summed E-state index contributed by atoms with van der Waals surface area (Å²) >= 11 is -4.18. The van der Waals surface area contributed by atoms with E-state index in [-0.39, 0.29) is 18.1 Å². The van der Waals surface area contributed by atoms with Gasteiger partial charge in [-0.05, 0) is 0 Å². The summed E-state index contributed by atoms with van der Waals surface area (Å²) in [6.07, 6.45) is 1.52. The Labute approximate surface area is 141 Å². The van der Waals surface area contributed by atoms with Crippen LogP contribution in [0.5, 0.6) is 0 Å². The predicted octanol–water partition coefficient (Wildman–Crippen LogP) is -0.205. The van der Waals surface area contributed by atoms with Gasteiger partial charge in [0.1, 0.15) is 13.2 Å². The first-order valence-electron chi connectivity index (χ1n) is 7.12. The third-order valence-electron chi connectivity index (χ3n) is 3.33. The highest BCUT2D eigenvalue weighted by Crippen LogP contribution is 2.32. The lowest BCUT2D eigenvalue weighted by molar-refractivity contribution is -0.878. The summed E-state index contributed by atoms with van der Waals surface area (Å²) < 4.78 is 32.1. The van der Waals surface area contributed by atoms with Gasteiger partial charge in [-0.2, -0.15) is 0 Å². The van der Waals surface area contributed by atoms with Crippen molar-refractivity contribution >= 4 is 28.3 Å². The minimum atomic E-state index is -4.18. The minimum absolute atomic E-state index is 0.0867. The molecule has 11 nitrogen and oxygen atoms in total. The van der Waals surface area contributed by atoms with E-state index in [1.54, 1.807) is 19.0 Å². The van der Waals surface area contributed by atoms with E-state index in [1.165, 1.54) is 12.3 Å². The number of rotatable bonds is 10. The fourth-order valence-corrected chi connectivity index (χ4v) is 2.23. The molecule has 1 aromatic rings. The molecule has 0 aliphatic carbocycles. The quantitative estimate of drug-likeness (QED) is 0.326. The van der Waals surface area contributed by atoms with Gasteiger partial charge in [-0.25, -0.2) is 4.98 Å². The number of nitrogens with one attached hydrogen (secondary N) is 2. The van der Waals surface area contributed by atoms with Crippen LogP contribution < -0.4 is 15.1 Å². The Bertz CT molecular complexity index is 555. The molecule has 0 fully saturated rings. The molecular weight excluding hydrogens is 342 g/mol. The van der Waals surface area contributed by atoms with Gasteiger partial charge in [-0.1, -0.05) is 0 Å². The molecule has 0 bridgehead atoms. The van der Waals surface area contributed by atoms with Crippen LogP contribution in [0.25, 0.3) is 0 Å². The summed E-state index contributed by atoms with van der Waals surface area (Å²) in [4.78, 5) is 17.5. The first kappa shape index (κ1) is 20.3. The molecule has 24 heavy (non-hydrogen) atoms. The van der Waals surface area contributed by atoms with E-state index in [1.807, 2.05) is 7.05 Å². The minimum Gasteiger partial charge on any atom is -0.751 e. The number of hydrogen-bond donors (Lipinski definition) is 4. The second-order valence-electron chi connectivity index (χ2n) is 5.22. The molecule has 0 radical (unpaired) electrons. The lowest BCUT2D eigenvalue weighted by atomic mass is 10.3. The molecule has 0 aromatic carbocycles. The van der Waals surface area contributed by atoms with E-state index in [4.69, 9.17) is 9.11 Å². The van der Waals surface area contributed by atoms with Crippen LogP contribution in [0.4, 0.5) is 17.2 Å². The van der Waals surface area contributed by atoms with Crippen molar-refractivity contribution in [2.24, 2.45) is 0 Å². The summed E-state index contributed by atoms with van der Waals surface area (Å²) in [6, 6.07) is 1.42. The number of nitro groups is 1. The zero-order valence-corrected chi connectivity index (χ0v) is 14.6. The maximum Gasteiger partial charge on any atom is 0.313 e. The van der Waals surface area contributed by atoms with Crippen molar-refractivity contribution in [1.82, 2.24) is 4.98 Å². The number of likely N-dealkylation sites (N-methyl/N-ethyl adjacent to an activating group) is 2. The van der Waals surface area contributed by atoms with E-state index >= 15 is 0 Å². The Hall–Kier alpha value is -1.70. The summed E-state index contributed by atoms with van der Waals surface area (Å²) in [5.74, 6) is 0.261. The van der Waals surface area contributed by atoms with Gasteiger partial charge in [0.25, 0.3) is 0 Å². The zero-order chi connectivity index (χ0) is 18.3. The zero-order valence-electron chi connectivity index (χ0n) is 13.8. The van der Waals surface area contributed by atoms with E-state index in [0.29, 0.717) is 25.3 Å². The second-order valence-corrected chi connectivity index (χ2v) is 6.35. The molecule has 0 saturated carbocycles. The molecule has 1 heterocycles. The average molecular weight is 365 g/mol. The highest BCUT2D eigenvalue weighted by molar-refractivity contribution is 8.15. The van der Waals surface area contributed by atoms with Crippen molar-refractivity contribution in [3.05, 3.63) is 22.4 Å². The Balaban J connectivity index is 2.59. The average Bonchev–Trinajstić information content (AvgIpc) is 2.50. The van der Waals surface area contributed by atoms with Crippen LogP contribution in [0.2, 0.25) is 0 Å². The van der Waals surface area contributed by atoms with Crippen molar-refractivity contribution in [2.75, 3.05) is 57.6 Å². The smallest absolute Gasteiger partial charge is 0.313 e. The molecular formula is C12H23N5O6S. The molecule has 0 spiro atoms. The third-order valence-corrected chi connectivity index (χ3v) is 3.81. The highest BCUT2D eigenvalue weighted by atomic mass is 32.3. The highest BCUT2D eigenvalue weighted by Gasteiger charge is 2.20. The molecule has 0 amide bonds. The van der Waals surface area contributed by atoms with Crippen molar-refractivity contribution in [3.8, 4) is 0 Å². The Morgan fingerprint density at radius 1 is 1.50 bits per heavy atom. The van der Waals surface area contributed by atoms with Crippen LogP contribution in [0, 0.1) is 10.1 Å². The van der Waals surface area contributed by atoms with E-state index < -0.39 is 16.1 Å². The Morgan fingerprint density at radius 3 is 2.71 bits per heavy atom. The maximum absolute atomic E-state index is 11.2. The summed E-state index contributed by atoms with van der Waals surface area (Å²) in [6.45, 7) is 1.37. The summed E-state index contributed by atoms with van der Waals surface area (Å²) in [7, 11) is 5.19. The fourth-order valence-electron chi connectivity index (χ4n) is 1.93. The van der Waals surface area contributed by atoms with Crippen molar-refractivity contribution in [1.29, 1.82) is 0 Å². The molecule has 1 atom stereocenters. The van der Waals surface area contributed by atoms with Crippen LogP contribution in [0.15, 0.2) is 12.3 Å². The van der Waals surface area contributed by atoms with E-state index in [2.05, 4.69) is 14.5 Å². The van der Waals surface area contributed by atoms with Gasteiger partial charge in [-0.15, -0.1) is 0 Å². The van der Waals surface area contributed by atoms with Gasteiger partial charge in [-0.3, -0.25) is 14.3 Å². The molecule has 12 heteroatoms. The van der Waals surface area contributed by atoms with E-state index in [9.17, 15) is 14.7 Å². The number of nitrogens with zero attached hydrogens (tertiary/aromatic N) is 3. The van der Waals surface area contributed by atoms with Crippen LogP contribution in [0.3, 0.4) is 0 Å². The van der Waals surface area contributed by atoms with Gasteiger partial charge < -0.3 is 28.8 Å². The second kappa shape index (κ2) is 8.96. The first-order chi connectivity index (χ1) is 11.1. The molecule has 4 N–H and O–H groups in total. The third kappa shape index (κ3) is 6.82. The van der Waals surface area contributed by atoms with Gasteiger partial charge in [0, 0.05) is 31.3 Å². The number of pyridine rings is 1. The lowest BCUT2D eigenvalue weighted by Gasteiger charge is -2.32. The largest absolute Gasteiger partial charge is 0.751 e. The molecule has 0 aliphatic rings. The molecule has 0 aliphatic heterocycles.